The minimum atomic E-state index is 0.0767. The first kappa shape index (κ1) is 9.64. The molecule has 2 bridgehead atoms. The molecule has 3 heteroatoms. The Hall–Kier alpha value is -0.570. The molecule has 0 spiro atoms. The fraction of sp³-hybridized carbons (Fsp3) is 0.917. The molecule has 15 heavy (non-hydrogen) atoms. The Bertz CT molecular complexity index is 263. The molecule has 1 amide bonds. The van der Waals surface area contributed by atoms with Gasteiger partial charge in [-0.3, -0.25) is 4.79 Å². The van der Waals surface area contributed by atoms with Gasteiger partial charge >= 0.3 is 0 Å². The lowest BCUT2D eigenvalue weighted by Gasteiger charge is -2.10. The average Bonchev–Trinajstić information content (AvgIpc) is 2.61. The topological polar surface area (TPSA) is 41.1 Å². The summed E-state index contributed by atoms with van der Waals surface area (Å²) in [6.07, 6.45) is 4.48. The van der Waals surface area contributed by atoms with Crippen molar-refractivity contribution in [2.45, 2.75) is 32.2 Å². The van der Waals surface area contributed by atoms with Crippen molar-refractivity contribution in [2.75, 3.05) is 13.1 Å². The molecule has 0 aromatic carbocycles. The van der Waals surface area contributed by atoms with Gasteiger partial charge in [-0.25, -0.2) is 0 Å². The summed E-state index contributed by atoms with van der Waals surface area (Å²) < 4.78 is 0. The highest BCUT2D eigenvalue weighted by Crippen LogP contribution is 2.65. The number of hydrogen-bond donors (Lipinski definition) is 2. The third kappa shape index (κ3) is 1.57. The summed E-state index contributed by atoms with van der Waals surface area (Å²) in [6, 6.07) is 0.796. The van der Waals surface area contributed by atoms with Crippen LogP contribution < -0.4 is 10.6 Å². The summed E-state index contributed by atoms with van der Waals surface area (Å²) >= 11 is 0. The van der Waals surface area contributed by atoms with Gasteiger partial charge in [0, 0.05) is 26.1 Å². The fourth-order valence-corrected chi connectivity index (χ4v) is 4.08. The molecule has 3 aliphatic rings. The Morgan fingerprint density at radius 3 is 2.47 bits per heavy atom. The van der Waals surface area contributed by atoms with Crippen LogP contribution in [0.2, 0.25) is 0 Å². The molecule has 0 radical (unpaired) electrons. The van der Waals surface area contributed by atoms with E-state index >= 15 is 0 Å². The van der Waals surface area contributed by atoms with Crippen LogP contribution in [0.1, 0.15) is 26.2 Å². The van der Waals surface area contributed by atoms with Crippen LogP contribution in [0.25, 0.3) is 0 Å². The van der Waals surface area contributed by atoms with Crippen LogP contribution in [-0.4, -0.2) is 25.0 Å². The van der Waals surface area contributed by atoms with Gasteiger partial charge in [-0.2, -0.15) is 0 Å². The minimum Gasteiger partial charge on any atom is -0.355 e. The molecule has 84 valence electrons. The van der Waals surface area contributed by atoms with Crippen molar-refractivity contribution in [1.29, 1.82) is 0 Å². The second-order valence-corrected chi connectivity index (χ2v) is 5.45. The fourth-order valence-electron chi connectivity index (χ4n) is 4.08. The lowest BCUT2D eigenvalue weighted by molar-refractivity contribution is -0.118. The molecule has 0 heterocycles. The predicted octanol–water partition coefficient (Wildman–Crippen LogP) is 0.757. The van der Waals surface area contributed by atoms with Gasteiger partial charge in [-0.15, -0.1) is 0 Å². The molecular weight excluding hydrogens is 188 g/mol. The van der Waals surface area contributed by atoms with Crippen molar-refractivity contribution in [3.63, 3.8) is 0 Å². The third-order valence-electron chi connectivity index (χ3n) is 4.61. The monoisotopic (exact) mass is 208 g/mol. The van der Waals surface area contributed by atoms with E-state index in [0.29, 0.717) is 0 Å². The summed E-state index contributed by atoms with van der Waals surface area (Å²) in [7, 11) is 0. The van der Waals surface area contributed by atoms with Crippen molar-refractivity contribution in [3.05, 3.63) is 0 Å². The van der Waals surface area contributed by atoms with Gasteiger partial charge in [0.25, 0.3) is 0 Å². The van der Waals surface area contributed by atoms with Gasteiger partial charge in [0.1, 0.15) is 0 Å². The number of amides is 1. The third-order valence-corrected chi connectivity index (χ3v) is 4.61. The molecular formula is C12H20N2O. The van der Waals surface area contributed by atoms with Crippen LogP contribution in [-0.2, 0) is 4.79 Å². The van der Waals surface area contributed by atoms with Crippen molar-refractivity contribution in [3.8, 4) is 0 Å². The van der Waals surface area contributed by atoms with Gasteiger partial charge in [-0.05, 0) is 42.9 Å². The van der Waals surface area contributed by atoms with E-state index in [1.54, 1.807) is 6.92 Å². The van der Waals surface area contributed by atoms with Crippen molar-refractivity contribution in [2.24, 2.45) is 23.7 Å². The Morgan fingerprint density at radius 2 is 1.87 bits per heavy atom. The van der Waals surface area contributed by atoms with E-state index < -0.39 is 0 Å². The zero-order valence-electron chi connectivity index (χ0n) is 9.33. The van der Waals surface area contributed by atoms with Crippen molar-refractivity contribution in [1.82, 2.24) is 10.6 Å². The van der Waals surface area contributed by atoms with Crippen LogP contribution in [0.3, 0.4) is 0 Å². The van der Waals surface area contributed by atoms with Gasteiger partial charge in [0.05, 0.1) is 0 Å². The number of nitrogens with one attached hydrogen (secondary N) is 2. The van der Waals surface area contributed by atoms with E-state index in [9.17, 15) is 4.79 Å². The van der Waals surface area contributed by atoms with Gasteiger partial charge in [0.15, 0.2) is 0 Å². The molecule has 3 fully saturated rings. The highest BCUT2D eigenvalue weighted by Gasteiger charge is 2.64. The van der Waals surface area contributed by atoms with Gasteiger partial charge in [-0.1, -0.05) is 0 Å². The van der Waals surface area contributed by atoms with E-state index in [-0.39, 0.29) is 5.91 Å². The first-order valence-electron chi connectivity index (χ1n) is 6.25. The lowest BCUT2D eigenvalue weighted by atomic mass is 10.0. The van der Waals surface area contributed by atoms with Gasteiger partial charge in [0.2, 0.25) is 5.91 Å². The Morgan fingerprint density at radius 1 is 1.20 bits per heavy atom. The molecule has 0 saturated heterocycles. The zero-order chi connectivity index (χ0) is 10.4. The van der Waals surface area contributed by atoms with E-state index in [2.05, 4.69) is 10.6 Å². The first-order valence-corrected chi connectivity index (χ1v) is 6.25. The maximum Gasteiger partial charge on any atom is 0.216 e. The molecule has 3 aliphatic carbocycles. The molecule has 3 nitrogen and oxygen atoms in total. The van der Waals surface area contributed by atoms with Crippen LogP contribution in [0.4, 0.5) is 0 Å². The Kier molecular flexibility index (Phi) is 2.23. The highest BCUT2D eigenvalue weighted by molar-refractivity contribution is 5.72. The van der Waals surface area contributed by atoms with Crippen LogP contribution in [0, 0.1) is 23.7 Å². The minimum absolute atomic E-state index is 0.0767. The maximum absolute atomic E-state index is 10.7. The molecule has 2 N–H and O–H groups in total. The van der Waals surface area contributed by atoms with Crippen LogP contribution >= 0.6 is 0 Å². The van der Waals surface area contributed by atoms with E-state index in [0.717, 1.165) is 42.8 Å². The van der Waals surface area contributed by atoms with Gasteiger partial charge < -0.3 is 10.6 Å². The Balaban J connectivity index is 1.39. The predicted molar refractivity (Wildman–Crippen MR) is 58.3 cm³/mol. The second kappa shape index (κ2) is 3.48. The van der Waals surface area contributed by atoms with Crippen molar-refractivity contribution < 1.29 is 4.79 Å². The average molecular weight is 208 g/mol. The summed E-state index contributed by atoms with van der Waals surface area (Å²) in [5, 5.41) is 6.43. The smallest absolute Gasteiger partial charge is 0.216 e. The van der Waals surface area contributed by atoms with E-state index in [4.69, 9.17) is 0 Å². The summed E-state index contributed by atoms with van der Waals surface area (Å²) in [5.41, 5.74) is 0. The second-order valence-electron chi connectivity index (χ2n) is 5.45. The normalized spacial score (nSPS) is 45.3. The van der Waals surface area contributed by atoms with Crippen molar-refractivity contribution >= 4 is 5.91 Å². The molecule has 4 atom stereocenters. The highest BCUT2D eigenvalue weighted by atomic mass is 16.1. The summed E-state index contributed by atoms with van der Waals surface area (Å²) in [5.74, 6) is 4.16. The quantitative estimate of drug-likeness (QED) is 0.670. The molecule has 0 aromatic heterocycles. The number of fused-ring (bicyclic) bond motifs is 5. The standard InChI is InChI=1S/C12H20N2O/c1-7(15)13-4-5-14-12-10-8-2-3-9(6-8)11(10)12/h8-12,14H,2-6H2,1H3,(H,13,15). The van der Waals surface area contributed by atoms with E-state index in [1.807, 2.05) is 0 Å². The SMILES string of the molecule is CC(=O)NCCNC1C2C3CCC(C3)C12. The molecule has 3 rings (SSSR count). The zero-order valence-corrected chi connectivity index (χ0v) is 9.33. The number of carbonyl (C=O) groups is 1. The number of rotatable bonds is 4. The number of hydrogen-bond acceptors (Lipinski definition) is 2. The molecule has 3 saturated carbocycles. The largest absolute Gasteiger partial charge is 0.355 e. The Labute approximate surface area is 91.0 Å². The maximum atomic E-state index is 10.7. The van der Waals surface area contributed by atoms with E-state index in [1.165, 1.54) is 19.3 Å². The summed E-state index contributed by atoms with van der Waals surface area (Å²) in [4.78, 5) is 10.7. The van der Waals surface area contributed by atoms with Crippen LogP contribution in [0.15, 0.2) is 0 Å². The molecule has 4 unspecified atom stereocenters. The van der Waals surface area contributed by atoms with Crippen LogP contribution in [0.5, 0.6) is 0 Å². The molecule has 0 aliphatic heterocycles. The lowest BCUT2D eigenvalue weighted by Crippen LogP contribution is -2.33. The first-order chi connectivity index (χ1) is 7.27. The number of carbonyl (C=O) groups excluding carboxylic acids is 1. The summed E-state index contributed by atoms with van der Waals surface area (Å²) in [6.45, 7) is 3.30. The molecule has 0 aromatic rings.